The van der Waals surface area contributed by atoms with E-state index in [0.717, 1.165) is 38.5 Å². The lowest BCUT2D eigenvalue weighted by molar-refractivity contribution is 0.393. The van der Waals surface area contributed by atoms with Gasteiger partial charge in [0.2, 0.25) is 0 Å². The van der Waals surface area contributed by atoms with Crippen LogP contribution in [0.2, 0.25) is 0 Å². The minimum atomic E-state index is -0.268. The first-order valence-electron chi connectivity index (χ1n) is 7.77. The van der Waals surface area contributed by atoms with E-state index in [1.807, 2.05) is 37.3 Å². The van der Waals surface area contributed by atoms with E-state index in [4.69, 9.17) is 4.52 Å². The predicted octanol–water partition coefficient (Wildman–Crippen LogP) is 5.02. The highest BCUT2D eigenvalue weighted by Crippen LogP contribution is 2.32. The minimum absolute atomic E-state index is 0.268. The molecule has 0 aliphatic carbocycles. The average molecular weight is 351 g/mol. The molecule has 0 spiro atoms. The summed E-state index contributed by atoms with van der Waals surface area (Å²) < 4.78 is 18.3. The van der Waals surface area contributed by atoms with Crippen LogP contribution in [0.4, 0.5) is 4.39 Å². The number of fused-ring (bicyclic) bond motifs is 1. The van der Waals surface area contributed by atoms with Gasteiger partial charge < -0.3 is 4.52 Å². The van der Waals surface area contributed by atoms with Gasteiger partial charge in [-0.2, -0.15) is 0 Å². The van der Waals surface area contributed by atoms with Crippen molar-refractivity contribution in [3.05, 3.63) is 71.9 Å². The Labute approximate surface area is 148 Å². The Morgan fingerprint density at radius 2 is 1.76 bits per heavy atom. The van der Waals surface area contributed by atoms with E-state index in [1.165, 1.54) is 12.1 Å². The predicted molar refractivity (Wildman–Crippen MR) is 95.7 cm³/mol. The van der Waals surface area contributed by atoms with Crippen LogP contribution < -0.4 is 0 Å². The minimum Gasteiger partial charge on any atom is -0.361 e. The molecule has 2 aromatic carbocycles. The molecule has 2 aromatic heterocycles. The molecule has 6 heteroatoms. The van der Waals surface area contributed by atoms with Crippen LogP contribution in [0, 0.1) is 12.7 Å². The van der Waals surface area contributed by atoms with Crippen LogP contribution >= 0.6 is 11.8 Å². The number of hydrogen-bond donors (Lipinski definition) is 0. The molecule has 4 nitrogen and oxygen atoms in total. The Balaban J connectivity index is 1.72. The van der Waals surface area contributed by atoms with Gasteiger partial charge in [0.25, 0.3) is 0 Å². The zero-order valence-corrected chi connectivity index (χ0v) is 14.3. The van der Waals surface area contributed by atoms with Gasteiger partial charge in [-0.25, -0.2) is 4.39 Å². The van der Waals surface area contributed by atoms with Crippen molar-refractivity contribution in [2.75, 3.05) is 0 Å². The van der Waals surface area contributed by atoms with Crippen LogP contribution in [0.1, 0.15) is 11.5 Å². The summed E-state index contributed by atoms with van der Waals surface area (Å²) in [5.41, 5.74) is 2.46. The first kappa shape index (κ1) is 15.8. The third kappa shape index (κ3) is 3.25. The van der Waals surface area contributed by atoms with E-state index in [2.05, 4.69) is 15.4 Å². The number of thioether (sulfide) groups is 1. The average Bonchev–Trinajstić information content (AvgIpc) is 3.06. The molecule has 0 aliphatic rings. The monoisotopic (exact) mass is 351 g/mol. The highest BCUT2D eigenvalue weighted by Gasteiger charge is 2.12. The van der Waals surface area contributed by atoms with E-state index in [-0.39, 0.29) is 5.82 Å². The summed E-state index contributed by atoms with van der Waals surface area (Å²) in [5.74, 6) is 1.18. The third-order valence-corrected chi connectivity index (χ3v) is 4.82. The van der Waals surface area contributed by atoms with Gasteiger partial charge in [-0.1, -0.05) is 41.2 Å². The fraction of sp³-hybridized carbons (Fsp3) is 0.105. The summed E-state index contributed by atoms with van der Waals surface area (Å²) in [6.07, 6.45) is 0. The molecule has 0 atom stereocenters. The van der Waals surface area contributed by atoms with Crippen molar-refractivity contribution in [2.24, 2.45) is 0 Å². The molecule has 0 saturated heterocycles. The highest BCUT2D eigenvalue weighted by atomic mass is 32.2. The summed E-state index contributed by atoms with van der Waals surface area (Å²) in [6.45, 7) is 1.87. The second-order valence-electron chi connectivity index (χ2n) is 5.62. The molecular formula is C19H14FN3OS. The van der Waals surface area contributed by atoms with Crippen molar-refractivity contribution in [1.82, 2.24) is 15.4 Å². The Hall–Kier alpha value is -2.73. The maximum absolute atomic E-state index is 13.2. The number of halogens is 1. The molecule has 0 N–H and O–H groups in total. The third-order valence-electron chi connectivity index (χ3n) is 3.80. The molecular weight excluding hydrogens is 337 g/mol. The van der Waals surface area contributed by atoms with Gasteiger partial charge in [0.15, 0.2) is 0 Å². The van der Waals surface area contributed by atoms with E-state index in [9.17, 15) is 4.39 Å². The number of rotatable bonds is 4. The molecule has 0 unspecified atom stereocenters. The summed E-state index contributed by atoms with van der Waals surface area (Å²) in [4.78, 5) is 0. The van der Waals surface area contributed by atoms with Gasteiger partial charge in [0.05, 0.1) is 5.69 Å². The number of aromatic nitrogens is 3. The second kappa shape index (κ2) is 6.64. The molecule has 4 rings (SSSR count). The smallest absolute Gasteiger partial charge is 0.133 e. The van der Waals surface area contributed by atoms with Crippen molar-refractivity contribution in [3.8, 4) is 11.3 Å². The fourth-order valence-electron chi connectivity index (χ4n) is 2.64. The van der Waals surface area contributed by atoms with E-state index < -0.39 is 0 Å². The first-order chi connectivity index (χ1) is 12.2. The van der Waals surface area contributed by atoms with Gasteiger partial charge in [-0.3, -0.25) is 0 Å². The quantitative estimate of drug-likeness (QED) is 0.483. The molecule has 0 radical (unpaired) electrons. The fourth-order valence-corrected chi connectivity index (χ4v) is 3.49. The number of aryl methyl sites for hydroxylation is 1. The van der Waals surface area contributed by atoms with Crippen LogP contribution in [0.5, 0.6) is 0 Å². The second-order valence-corrected chi connectivity index (χ2v) is 6.59. The number of hydrogen-bond acceptors (Lipinski definition) is 5. The zero-order chi connectivity index (χ0) is 17.2. The van der Waals surface area contributed by atoms with E-state index in [0.29, 0.717) is 5.75 Å². The SMILES string of the molecule is Cc1cc(CSc2nnc(-c3ccc(F)cc3)c3ccccc23)no1. The van der Waals surface area contributed by atoms with Gasteiger partial charge >= 0.3 is 0 Å². The maximum Gasteiger partial charge on any atom is 0.133 e. The van der Waals surface area contributed by atoms with E-state index >= 15 is 0 Å². The Morgan fingerprint density at radius 3 is 2.48 bits per heavy atom. The molecule has 124 valence electrons. The lowest BCUT2D eigenvalue weighted by Gasteiger charge is -2.08. The van der Waals surface area contributed by atoms with E-state index in [1.54, 1.807) is 23.9 Å². The van der Waals surface area contributed by atoms with Crippen molar-refractivity contribution in [2.45, 2.75) is 17.7 Å². The summed E-state index contributed by atoms with van der Waals surface area (Å²) in [5, 5.41) is 15.6. The van der Waals surface area contributed by atoms with Crippen molar-refractivity contribution in [3.63, 3.8) is 0 Å². The molecule has 4 aromatic rings. The molecule has 2 heterocycles. The van der Waals surface area contributed by atoms with Crippen molar-refractivity contribution >= 4 is 22.5 Å². The molecule has 0 bridgehead atoms. The van der Waals surface area contributed by atoms with Crippen LogP contribution in [0.3, 0.4) is 0 Å². The topological polar surface area (TPSA) is 51.8 Å². The Morgan fingerprint density at radius 1 is 1.00 bits per heavy atom. The summed E-state index contributed by atoms with van der Waals surface area (Å²) in [7, 11) is 0. The molecule has 0 aliphatic heterocycles. The standard InChI is InChI=1S/C19H14FN3OS/c1-12-10-15(23-24-12)11-25-19-17-5-3-2-4-16(17)18(21-22-19)13-6-8-14(20)9-7-13/h2-10H,11H2,1H3. The zero-order valence-electron chi connectivity index (χ0n) is 13.4. The van der Waals surface area contributed by atoms with Crippen LogP contribution in [-0.2, 0) is 5.75 Å². The van der Waals surface area contributed by atoms with Gasteiger partial charge in [-0.15, -0.1) is 10.2 Å². The highest BCUT2D eigenvalue weighted by molar-refractivity contribution is 7.98. The molecule has 25 heavy (non-hydrogen) atoms. The molecule has 0 saturated carbocycles. The lowest BCUT2D eigenvalue weighted by atomic mass is 10.1. The van der Waals surface area contributed by atoms with Crippen LogP contribution in [0.25, 0.3) is 22.0 Å². The molecule has 0 fully saturated rings. The van der Waals surface area contributed by atoms with Gasteiger partial charge in [0.1, 0.15) is 22.3 Å². The maximum atomic E-state index is 13.2. The van der Waals surface area contributed by atoms with Crippen LogP contribution in [0.15, 0.2) is 64.1 Å². The van der Waals surface area contributed by atoms with Crippen molar-refractivity contribution < 1.29 is 8.91 Å². The van der Waals surface area contributed by atoms with Gasteiger partial charge in [0, 0.05) is 28.2 Å². The first-order valence-corrected chi connectivity index (χ1v) is 8.75. The largest absolute Gasteiger partial charge is 0.361 e. The summed E-state index contributed by atoms with van der Waals surface area (Å²) in [6, 6.07) is 16.2. The summed E-state index contributed by atoms with van der Waals surface area (Å²) >= 11 is 1.57. The Kier molecular flexibility index (Phi) is 4.19. The lowest BCUT2D eigenvalue weighted by Crippen LogP contribution is -1.94. The van der Waals surface area contributed by atoms with Gasteiger partial charge in [-0.05, 0) is 31.2 Å². The van der Waals surface area contributed by atoms with Crippen molar-refractivity contribution in [1.29, 1.82) is 0 Å². The normalized spacial score (nSPS) is 11.1. The number of nitrogens with zero attached hydrogens (tertiary/aromatic N) is 3. The van der Waals surface area contributed by atoms with Crippen LogP contribution in [-0.4, -0.2) is 15.4 Å². The Bertz CT molecular complexity index is 1030. The number of benzene rings is 2. The molecule has 0 amide bonds.